The van der Waals surface area contributed by atoms with Gasteiger partial charge < -0.3 is 4.57 Å². The standard InChI is InChI=1S/C10H15NS/c1-8-3-4-9(2)11(8)10-5-6-12-7-10/h3-4,10H,5-7H2,1-2H3. The minimum absolute atomic E-state index is 0.769. The van der Waals surface area contributed by atoms with E-state index in [9.17, 15) is 0 Å². The van der Waals surface area contributed by atoms with Gasteiger partial charge in [0.2, 0.25) is 0 Å². The molecule has 1 fully saturated rings. The van der Waals surface area contributed by atoms with Gasteiger partial charge in [-0.3, -0.25) is 0 Å². The summed E-state index contributed by atoms with van der Waals surface area (Å²) in [7, 11) is 0. The van der Waals surface area contributed by atoms with Crippen LogP contribution in [0.15, 0.2) is 12.1 Å². The lowest BCUT2D eigenvalue weighted by Gasteiger charge is -2.15. The molecule has 0 aromatic carbocycles. The minimum Gasteiger partial charge on any atom is -0.345 e. The van der Waals surface area contributed by atoms with Crippen molar-refractivity contribution >= 4 is 11.8 Å². The number of thioether (sulfide) groups is 1. The van der Waals surface area contributed by atoms with Crippen LogP contribution in [0.2, 0.25) is 0 Å². The van der Waals surface area contributed by atoms with E-state index in [0.717, 1.165) is 6.04 Å². The van der Waals surface area contributed by atoms with Crippen LogP contribution in [0.25, 0.3) is 0 Å². The average Bonchev–Trinajstić information content (AvgIpc) is 2.61. The largest absolute Gasteiger partial charge is 0.345 e. The first-order valence-corrected chi connectivity index (χ1v) is 5.66. The summed E-state index contributed by atoms with van der Waals surface area (Å²) in [6, 6.07) is 5.21. The van der Waals surface area contributed by atoms with Crippen molar-refractivity contribution in [2.24, 2.45) is 0 Å². The van der Waals surface area contributed by atoms with Crippen molar-refractivity contribution < 1.29 is 0 Å². The summed E-state index contributed by atoms with van der Waals surface area (Å²) < 4.78 is 2.49. The van der Waals surface area contributed by atoms with E-state index in [1.807, 2.05) is 0 Å². The van der Waals surface area contributed by atoms with Crippen LogP contribution in [0.5, 0.6) is 0 Å². The highest BCUT2D eigenvalue weighted by atomic mass is 32.2. The first kappa shape index (κ1) is 8.24. The number of aromatic nitrogens is 1. The highest BCUT2D eigenvalue weighted by Gasteiger charge is 2.18. The van der Waals surface area contributed by atoms with Gasteiger partial charge in [-0.25, -0.2) is 0 Å². The van der Waals surface area contributed by atoms with Gasteiger partial charge in [-0.1, -0.05) is 0 Å². The summed E-state index contributed by atoms with van der Waals surface area (Å²) >= 11 is 2.08. The molecule has 0 saturated carbocycles. The molecule has 0 spiro atoms. The van der Waals surface area contributed by atoms with Gasteiger partial charge in [-0.15, -0.1) is 0 Å². The first-order chi connectivity index (χ1) is 5.79. The number of nitrogens with zero attached hydrogens (tertiary/aromatic N) is 1. The Morgan fingerprint density at radius 3 is 2.50 bits per heavy atom. The fraction of sp³-hybridized carbons (Fsp3) is 0.600. The van der Waals surface area contributed by atoms with Gasteiger partial charge in [0, 0.05) is 23.2 Å². The molecule has 1 aromatic rings. The SMILES string of the molecule is Cc1ccc(C)n1C1CCSC1. The fourth-order valence-electron chi connectivity index (χ4n) is 1.98. The predicted octanol–water partition coefficient (Wildman–Crippen LogP) is 2.78. The lowest BCUT2D eigenvalue weighted by molar-refractivity contribution is 0.539. The second-order valence-electron chi connectivity index (χ2n) is 3.50. The average molecular weight is 181 g/mol. The maximum atomic E-state index is 2.49. The van der Waals surface area contributed by atoms with Crippen molar-refractivity contribution in [2.45, 2.75) is 26.3 Å². The topological polar surface area (TPSA) is 4.93 Å². The van der Waals surface area contributed by atoms with Crippen LogP contribution in [-0.4, -0.2) is 16.1 Å². The molecule has 2 heteroatoms. The second kappa shape index (κ2) is 3.17. The van der Waals surface area contributed by atoms with Crippen LogP contribution in [0.3, 0.4) is 0 Å². The van der Waals surface area contributed by atoms with Crippen LogP contribution >= 0.6 is 11.8 Å². The van der Waals surface area contributed by atoms with Crippen LogP contribution in [0, 0.1) is 13.8 Å². The van der Waals surface area contributed by atoms with E-state index in [2.05, 4.69) is 42.3 Å². The third kappa shape index (κ3) is 1.28. The van der Waals surface area contributed by atoms with Crippen molar-refractivity contribution in [1.82, 2.24) is 4.57 Å². The quantitative estimate of drug-likeness (QED) is 0.645. The summed E-state index contributed by atoms with van der Waals surface area (Å²) in [5.41, 5.74) is 2.83. The Kier molecular flexibility index (Phi) is 2.18. The van der Waals surface area contributed by atoms with Crippen molar-refractivity contribution in [3.8, 4) is 0 Å². The molecule has 0 radical (unpaired) electrons. The Hall–Kier alpha value is -0.370. The molecule has 66 valence electrons. The van der Waals surface area contributed by atoms with E-state index >= 15 is 0 Å². The Bertz CT molecular complexity index is 252. The maximum absolute atomic E-state index is 2.49. The van der Waals surface area contributed by atoms with Crippen molar-refractivity contribution in [1.29, 1.82) is 0 Å². The van der Waals surface area contributed by atoms with E-state index in [1.54, 1.807) is 0 Å². The summed E-state index contributed by atoms with van der Waals surface area (Å²) in [6.07, 6.45) is 1.35. The number of hydrogen-bond donors (Lipinski definition) is 0. The van der Waals surface area contributed by atoms with Gasteiger partial charge in [-0.2, -0.15) is 11.8 Å². The molecular weight excluding hydrogens is 166 g/mol. The zero-order valence-corrected chi connectivity index (χ0v) is 8.53. The Balaban J connectivity index is 2.30. The predicted molar refractivity (Wildman–Crippen MR) is 54.9 cm³/mol. The molecule has 1 aliphatic heterocycles. The van der Waals surface area contributed by atoms with E-state index < -0.39 is 0 Å². The highest BCUT2D eigenvalue weighted by molar-refractivity contribution is 7.99. The Morgan fingerprint density at radius 2 is 2.00 bits per heavy atom. The molecule has 0 bridgehead atoms. The van der Waals surface area contributed by atoms with Gasteiger partial charge in [0.05, 0.1) is 0 Å². The number of hydrogen-bond acceptors (Lipinski definition) is 1. The summed E-state index contributed by atoms with van der Waals surface area (Å²) in [5, 5.41) is 0. The van der Waals surface area contributed by atoms with Crippen LogP contribution < -0.4 is 0 Å². The fourth-order valence-corrected chi connectivity index (χ4v) is 3.17. The molecule has 1 unspecified atom stereocenters. The van der Waals surface area contributed by atoms with Crippen LogP contribution in [0.4, 0.5) is 0 Å². The molecular formula is C10H15NS. The highest BCUT2D eigenvalue weighted by Crippen LogP contribution is 2.30. The van der Waals surface area contributed by atoms with E-state index in [4.69, 9.17) is 0 Å². The molecule has 2 rings (SSSR count). The second-order valence-corrected chi connectivity index (χ2v) is 4.65. The van der Waals surface area contributed by atoms with Gasteiger partial charge in [-0.05, 0) is 38.2 Å². The van der Waals surface area contributed by atoms with E-state index in [0.29, 0.717) is 0 Å². The molecule has 1 aliphatic rings. The monoisotopic (exact) mass is 181 g/mol. The molecule has 0 aliphatic carbocycles. The van der Waals surface area contributed by atoms with Crippen LogP contribution in [-0.2, 0) is 0 Å². The van der Waals surface area contributed by atoms with Gasteiger partial charge >= 0.3 is 0 Å². The molecule has 1 nitrogen and oxygen atoms in total. The first-order valence-electron chi connectivity index (χ1n) is 4.51. The van der Waals surface area contributed by atoms with E-state index in [-0.39, 0.29) is 0 Å². The maximum Gasteiger partial charge on any atom is 0.0434 e. The zero-order valence-electron chi connectivity index (χ0n) is 7.71. The normalized spacial score (nSPS) is 23.3. The van der Waals surface area contributed by atoms with E-state index in [1.165, 1.54) is 29.3 Å². The number of rotatable bonds is 1. The van der Waals surface area contributed by atoms with Crippen molar-refractivity contribution in [3.63, 3.8) is 0 Å². The lowest BCUT2D eigenvalue weighted by atomic mass is 10.2. The zero-order chi connectivity index (χ0) is 8.55. The van der Waals surface area contributed by atoms with Gasteiger partial charge in [0.15, 0.2) is 0 Å². The molecule has 0 N–H and O–H groups in total. The number of aryl methyl sites for hydroxylation is 2. The molecule has 2 heterocycles. The molecule has 12 heavy (non-hydrogen) atoms. The summed E-state index contributed by atoms with van der Waals surface area (Å²) in [4.78, 5) is 0. The van der Waals surface area contributed by atoms with Crippen LogP contribution in [0.1, 0.15) is 23.9 Å². The molecule has 1 aromatic heterocycles. The minimum atomic E-state index is 0.769. The molecule has 1 atom stereocenters. The molecule has 1 saturated heterocycles. The smallest absolute Gasteiger partial charge is 0.0434 e. The summed E-state index contributed by atoms with van der Waals surface area (Å²) in [6.45, 7) is 4.41. The third-order valence-electron chi connectivity index (χ3n) is 2.60. The molecule has 0 amide bonds. The van der Waals surface area contributed by atoms with Crippen molar-refractivity contribution in [3.05, 3.63) is 23.5 Å². The van der Waals surface area contributed by atoms with Gasteiger partial charge in [0.25, 0.3) is 0 Å². The van der Waals surface area contributed by atoms with Crippen molar-refractivity contribution in [2.75, 3.05) is 11.5 Å². The van der Waals surface area contributed by atoms with Gasteiger partial charge in [0.1, 0.15) is 0 Å². The lowest BCUT2D eigenvalue weighted by Crippen LogP contribution is -2.10. The Morgan fingerprint density at radius 1 is 1.33 bits per heavy atom. The Labute approximate surface area is 78.2 Å². The third-order valence-corrected chi connectivity index (χ3v) is 3.74. The summed E-state index contributed by atoms with van der Waals surface area (Å²) in [5.74, 6) is 2.64.